The number of allylic oxidation sites excluding steroid dienone is 1. The second kappa shape index (κ2) is 7.32. The summed E-state index contributed by atoms with van der Waals surface area (Å²) in [5.74, 6) is 0.389. The van der Waals surface area contributed by atoms with E-state index in [0.717, 1.165) is 12.8 Å². The monoisotopic (exact) mass is 213 g/mol. The van der Waals surface area contributed by atoms with Crippen molar-refractivity contribution in [1.29, 1.82) is 0 Å². The molecular weight excluding hydrogens is 190 g/mol. The fourth-order valence-electron chi connectivity index (χ4n) is 1.49. The van der Waals surface area contributed by atoms with Gasteiger partial charge in [-0.25, -0.2) is 4.79 Å². The highest BCUT2D eigenvalue weighted by Crippen LogP contribution is 2.21. The molecule has 88 valence electrons. The summed E-state index contributed by atoms with van der Waals surface area (Å²) < 4.78 is 4.81. The summed E-state index contributed by atoms with van der Waals surface area (Å²) >= 11 is 0. The average Bonchev–Trinajstić information content (AvgIpc) is 2.17. The van der Waals surface area contributed by atoms with E-state index in [0.29, 0.717) is 18.2 Å². The molecule has 0 aliphatic heterocycles. The summed E-state index contributed by atoms with van der Waals surface area (Å²) in [5.41, 5.74) is 6.46. The van der Waals surface area contributed by atoms with E-state index in [1.807, 2.05) is 6.92 Å². The molecule has 0 aromatic carbocycles. The second-order valence-corrected chi connectivity index (χ2v) is 3.95. The van der Waals surface area contributed by atoms with E-state index in [1.165, 1.54) is 6.08 Å². The molecule has 0 saturated carbocycles. The molecule has 0 aromatic rings. The number of ether oxygens (including phenoxy) is 1. The predicted octanol–water partition coefficient (Wildman–Crippen LogP) is 2.46. The maximum atomic E-state index is 11.2. The smallest absolute Gasteiger partial charge is 0.332 e. The van der Waals surface area contributed by atoms with E-state index >= 15 is 0 Å². The summed E-state index contributed by atoms with van der Waals surface area (Å²) in [5, 5.41) is 0. The fraction of sp³-hybridized carbons (Fsp3) is 0.750. The highest BCUT2D eigenvalue weighted by molar-refractivity contribution is 5.82. The topological polar surface area (TPSA) is 52.3 Å². The molecule has 2 atom stereocenters. The molecule has 2 N–H and O–H groups in total. The number of rotatable bonds is 6. The molecule has 0 heterocycles. The Kier molecular flexibility index (Phi) is 6.84. The molecular formula is C12H23NO2. The van der Waals surface area contributed by atoms with Crippen LogP contribution in [0.15, 0.2) is 11.8 Å². The minimum Gasteiger partial charge on any atom is -0.463 e. The first-order valence-electron chi connectivity index (χ1n) is 5.66. The van der Waals surface area contributed by atoms with Crippen LogP contribution >= 0.6 is 0 Å². The predicted molar refractivity (Wildman–Crippen MR) is 62.1 cm³/mol. The molecule has 0 unspecified atom stereocenters. The quantitative estimate of drug-likeness (QED) is 0.544. The SMILES string of the molecule is CCC[C@@H](C)[C@@H](C)/C(N)=C/C(=O)OCC. The molecule has 0 spiro atoms. The first-order valence-corrected chi connectivity index (χ1v) is 5.66. The second-order valence-electron chi connectivity index (χ2n) is 3.95. The van der Waals surface area contributed by atoms with Gasteiger partial charge >= 0.3 is 5.97 Å². The molecule has 15 heavy (non-hydrogen) atoms. The van der Waals surface area contributed by atoms with Crippen LogP contribution in [-0.4, -0.2) is 12.6 Å². The maximum Gasteiger partial charge on any atom is 0.332 e. The van der Waals surface area contributed by atoms with E-state index in [1.54, 1.807) is 6.92 Å². The van der Waals surface area contributed by atoms with Gasteiger partial charge in [-0.3, -0.25) is 0 Å². The third-order valence-corrected chi connectivity index (χ3v) is 2.69. The summed E-state index contributed by atoms with van der Waals surface area (Å²) in [6, 6.07) is 0. The van der Waals surface area contributed by atoms with Crippen molar-refractivity contribution in [2.75, 3.05) is 6.61 Å². The van der Waals surface area contributed by atoms with Crippen molar-refractivity contribution in [1.82, 2.24) is 0 Å². The molecule has 0 aromatic heterocycles. The van der Waals surface area contributed by atoms with Gasteiger partial charge in [-0.2, -0.15) is 0 Å². The van der Waals surface area contributed by atoms with Crippen LogP contribution in [0, 0.1) is 11.8 Å². The zero-order valence-corrected chi connectivity index (χ0v) is 10.2. The Hall–Kier alpha value is -0.990. The van der Waals surface area contributed by atoms with Crippen LogP contribution in [-0.2, 0) is 9.53 Å². The van der Waals surface area contributed by atoms with Gasteiger partial charge in [-0.1, -0.05) is 33.6 Å². The van der Waals surface area contributed by atoms with E-state index in [2.05, 4.69) is 13.8 Å². The first-order chi connectivity index (χ1) is 7.02. The molecule has 0 aliphatic rings. The molecule has 0 bridgehead atoms. The van der Waals surface area contributed by atoms with Crippen molar-refractivity contribution in [2.24, 2.45) is 17.6 Å². The zero-order chi connectivity index (χ0) is 11.8. The minimum atomic E-state index is -0.342. The lowest BCUT2D eigenvalue weighted by atomic mass is 9.89. The van der Waals surface area contributed by atoms with Crippen molar-refractivity contribution in [3.8, 4) is 0 Å². The highest BCUT2D eigenvalue weighted by atomic mass is 16.5. The van der Waals surface area contributed by atoms with Crippen molar-refractivity contribution < 1.29 is 9.53 Å². The van der Waals surface area contributed by atoms with E-state index in [-0.39, 0.29) is 11.9 Å². The van der Waals surface area contributed by atoms with Crippen LogP contribution in [0.2, 0.25) is 0 Å². The van der Waals surface area contributed by atoms with Gasteiger partial charge in [0.25, 0.3) is 0 Å². The number of nitrogens with two attached hydrogens (primary N) is 1. The Morgan fingerprint density at radius 1 is 1.40 bits per heavy atom. The molecule has 0 fully saturated rings. The summed E-state index contributed by atoms with van der Waals surface area (Å²) in [7, 11) is 0. The van der Waals surface area contributed by atoms with Crippen molar-refractivity contribution in [2.45, 2.75) is 40.5 Å². The largest absolute Gasteiger partial charge is 0.463 e. The van der Waals surface area contributed by atoms with E-state index in [9.17, 15) is 4.79 Å². The van der Waals surface area contributed by atoms with Crippen molar-refractivity contribution in [3.63, 3.8) is 0 Å². The summed E-state index contributed by atoms with van der Waals surface area (Å²) in [6.45, 7) is 8.52. The normalized spacial score (nSPS) is 15.9. The lowest BCUT2D eigenvalue weighted by molar-refractivity contribution is -0.137. The highest BCUT2D eigenvalue weighted by Gasteiger charge is 2.14. The Morgan fingerprint density at radius 3 is 2.47 bits per heavy atom. The van der Waals surface area contributed by atoms with Gasteiger partial charge < -0.3 is 10.5 Å². The summed E-state index contributed by atoms with van der Waals surface area (Å²) in [4.78, 5) is 11.2. The Morgan fingerprint density at radius 2 is 2.00 bits per heavy atom. The number of hydrogen-bond acceptors (Lipinski definition) is 3. The van der Waals surface area contributed by atoms with Gasteiger partial charge in [0, 0.05) is 11.8 Å². The first kappa shape index (κ1) is 14.0. The molecule has 0 rings (SSSR count). The van der Waals surface area contributed by atoms with Crippen LogP contribution in [0.5, 0.6) is 0 Å². The maximum absolute atomic E-state index is 11.2. The van der Waals surface area contributed by atoms with Gasteiger partial charge in [-0.15, -0.1) is 0 Å². The number of hydrogen-bond donors (Lipinski definition) is 1. The van der Waals surface area contributed by atoms with E-state index < -0.39 is 0 Å². The minimum absolute atomic E-state index is 0.231. The van der Waals surface area contributed by atoms with Crippen LogP contribution in [0.3, 0.4) is 0 Å². The lowest BCUT2D eigenvalue weighted by Gasteiger charge is -2.19. The molecule has 0 amide bonds. The Bertz CT molecular complexity index is 224. The molecule has 0 saturated heterocycles. The molecule has 0 radical (unpaired) electrons. The molecule has 0 aliphatic carbocycles. The van der Waals surface area contributed by atoms with Gasteiger partial charge in [0.05, 0.1) is 6.61 Å². The number of esters is 1. The summed E-state index contributed by atoms with van der Waals surface area (Å²) in [6.07, 6.45) is 3.66. The standard InChI is InChI=1S/C12H23NO2/c1-5-7-9(3)10(4)11(13)8-12(14)15-6-2/h8-10H,5-7,13H2,1-4H3/b11-8-/t9-,10-/m1/s1. The fourth-order valence-corrected chi connectivity index (χ4v) is 1.49. The zero-order valence-electron chi connectivity index (χ0n) is 10.2. The van der Waals surface area contributed by atoms with Gasteiger partial charge in [0.2, 0.25) is 0 Å². The van der Waals surface area contributed by atoms with Gasteiger partial charge in [-0.05, 0) is 18.8 Å². The van der Waals surface area contributed by atoms with Crippen LogP contribution in [0.1, 0.15) is 40.5 Å². The van der Waals surface area contributed by atoms with Gasteiger partial charge in [0.15, 0.2) is 0 Å². The lowest BCUT2D eigenvalue weighted by Crippen LogP contribution is -2.18. The average molecular weight is 213 g/mol. The number of carbonyl (C=O) groups excluding carboxylic acids is 1. The van der Waals surface area contributed by atoms with E-state index in [4.69, 9.17) is 10.5 Å². The number of carbonyl (C=O) groups is 1. The third kappa shape index (κ3) is 5.45. The van der Waals surface area contributed by atoms with Crippen LogP contribution < -0.4 is 5.73 Å². The third-order valence-electron chi connectivity index (χ3n) is 2.69. The Balaban J connectivity index is 4.28. The molecule has 3 heteroatoms. The van der Waals surface area contributed by atoms with Crippen LogP contribution in [0.25, 0.3) is 0 Å². The Labute approximate surface area is 92.7 Å². The van der Waals surface area contributed by atoms with Crippen molar-refractivity contribution >= 4 is 5.97 Å². The van der Waals surface area contributed by atoms with Crippen molar-refractivity contribution in [3.05, 3.63) is 11.8 Å². The van der Waals surface area contributed by atoms with Crippen LogP contribution in [0.4, 0.5) is 0 Å². The molecule has 3 nitrogen and oxygen atoms in total. The van der Waals surface area contributed by atoms with Gasteiger partial charge in [0.1, 0.15) is 0 Å².